The van der Waals surface area contributed by atoms with Crippen LogP contribution < -0.4 is 5.32 Å². The third-order valence-corrected chi connectivity index (χ3v) is 4.86. The summed E-state index contributed by atoms with van der Waals surface area (Å²) in [5.74, 6) is -3.98. The normalized spacial score (nSPS) is 11.5. The zero-order valence-corrected chi connectivity index (χ0v) is 13.8. The molecule has 24 heavy (non-hydrogen) atoms. The van der Waals surface area contributed by atoms with E-state index in [0.717, 1.165) is 17.2 Å². The van der Waals surface area contributed by atoms with Crippen molar-refractivity contribution < 1.29 is 22.0 Å². The lowest BCUT2D eigenvalue weighted by molar-refractivity contribution is -0.116. The number of hydrogen-bond acceptors (Lipinski definition) is 3. The first-order valence-electron chi connectivity index (χ1n) is 7.27. The number of carbonyl (C=O) groups is 1. The molecule has 0 spiro atoms. The number of rotatable bonds is 6. The molecule has 0 aliphatic heterocycles. The summed E-state index contributed by atoms with van der Waals surface area (Å²) >= 11 is 0. The largest absolute Gasteiger partial charge is 0.341 e. The quantitative estimate of drug-likeness (QED) is 0.864. The number of amides is 1. The van der Waals surface area contributed by atoms with Crippen LogP contribution in [0.15, 0.2) is 53.4 Å². The second-order valence-corrected chi connectivity index (χ2v) is 7.23. The Morgan fingerprint density at radius 3 is 2.50 bits per heavy atom. The molecule has 2 aromatic carbocycles. The Balaban J connectivity index is 2.10. The summed E-state index contributed by atoms with van der Waals surface area (Å²) in [5.41, 5.74) is 1.91. The molecule has 0 saturated heterocycles. The van der Waals surface area contributed by atoms with Gasteiger partial charge >= 0.3 is 5.76 Å². The molecule has 0 heterocycles. The fourth-order valence-electron chi connectivity index (χ4n) is 2.25. The number of nitrogens with one attached hydrogen (secondary N) is 1. The van der Waals surface area contributed by atoms with Crippen LogP contribution in [0.5, 0.6) is 0 Å². The lowest BCUT2D eigenvalue weighted by atomic mass is 10.1. The molecule has 0 saturated carbocycles. The van der Waals surface area contributed by atoms with E-state index in [1.807, 2.05) is 31.2 Å². The highest BCUT2D eigenvalue weighted by Gasteiger charge is 2.29. The van der Waals surface area contributed by atoms with Crippen LogP contribution in [0.4, 0.5) is 14.5 Å². The molecule has 0 aliphatic rings. The van der Waals surface area contributed by atoms with Crippen molar-refractivity contribution in [3.63, 3.8) is 0 Å². The van der Waals surface area contributed by atoms with E-state index < -0.39 is 26.4 Å². The van der Waals surface area contributed by atoms with Crippen molar-refractivity contribution in [2.75, 3.05) is 5.32 Å². The molecule has 1 N–H and O–H groups in total. The molecule has 0 atom stereocenters. The number of alkyl halides is 2. The number of sulfone groups is 1. The molecule has 0 unspecified atom stereocenters. The SMILES string of the molecule is Cc1cccc(CCC(=O)Nc2ccccc2S(=O)(=O)C(F)F)c1. The van der Waals surface area contributed by atoms with Gasteiger partial charge in [0.25, 0.3) is 0 Å². The Kier molecular flexibility index (Phi) is 5.66. The monoisotopic (exact) mass is 353 g/mol. The van der Waals surface area contributed by atoms with Crippen LogP contribution in [0.25, 0.3) is 0 Å². The van der Waals surface area contributed by atoms with Gasteiger partial charge < -0.3 is 5.32 Å². The summed E-state index contributed by atoms with van der Waals surface area (Å²) in [6.45, 7) is 1.94. The zero-order chi connectivity index (χ0) is 17.7. The van der Waals surface area contributed by atoms with E-state index >= 15 is 0 Å². The van der Waals surface area contributed by atoms with Gasteiger partial charge in [-0.1, -0.05) is 42.0 Å². The third-order valence-electron chi connectivity index (χ3n) is 3.43. The average molecular weight is 353 g/mol. The Morgan fingerprint density at radius 2 is 1.83 bits per heavy atom. The van der Waals surface area contributed by atoms with E-state index in [4.69, 9.17) is 0 Å². The van der Waals surface area contributed by atoms with Crippen molar-refractivity contribution in [2.45, 2.75) is 30.4 Å². The molecule has 2 rings (SSSR count). The summed E-state index contributed by atoms with van der Waals surface area (Å²) in [6, 6.07) is 12.8. The molecular formula is C17H17F2NO3S. The van der Waals surface area contributed by atoms with Crippen molar-refractivity contribution >= 4 is 21.4 Å². The molecule has 0 fully saturated rings. The number of carbonyl (C=O) groups excluding carboxylic acids is 1. The molecule has 4 nitrogen and oxygen atoms in total. The molecule has 0 radical (unpaired) electrons. The topological polar surface area (TPSA) is 63.2 Å². The fourth-order valence-corrected chi connectivity index (χ4v) is 3.14. The van der Waals surface area contributed by atoms with E-state index in [1.54, 1.807) is 0 Å². The number of benzene rings is 2. The van der Waals surface area contributed by atoms with Crippen LogP contribution in [-0.4, -0.2) is 20.1 Å². The highest BCUT2D eigenvalue weighted by atomic mass is 32.2. The maximum atomic E-state index is 12.7. The minimum absolute atomic E-state index is 0.118. The van der Waals surface area contributed by atoms with Crippen LogP contribution in [0.1, 0.15) is 17.5 Å². The van der Waals surface area contributed by atoms with Crippen LogP contribution >= 0.6 is 0 Å². The van der Waals surface area contributed by atoms with Crippen LogP contribution in [-0.2, 0) is 21.1 Å². The van der Waals surface area contributed by atoms with Crippen molar-refractivity contribution in [1.29, 1.82) is 0 Å². The molecule has 0 aliphatic carbocycles. The first-order chi connectivity index (χ1) is 11.3. The third kappa shape index (κ3) is 4.38. The molecule has 1 amide bonds. The second-order valence-electron chi connectivity index (χ2n) is 5.34. The van der Waals surface area contributed by atoms with Gasteiger partial charge in [-0.15, -0.1) is 0 Å². The second kappa shape index (κ2) is 7.53. The summed E-state index contributed by atoms with van der Waals surface area (Å²) in [4.78, 5) is 11.4. The van der Waals surface area contributed by atoms with Crippen LogP contribution in [0.3, 0.4) is 0 Å². The van der Waals surface area contributed by atoms with Crippen molar-refractivity contribution in [1.82, 2.24) is 0 Å². The molecule has 128 valence electrons. The van der Waals surface area contributed by atoms with Gasteiger partial charge in [-0.3, -0.25) is 4.79 Å². The predicted molar refractivity (Wildman–Crippen MR) is 87.8 cm³/mol. The predicted octanol–water partition coefficient (Wildman–Crippen LogP) is 3.56. The Hall–Kier alpha value is -2.28. The zero-order valence-electron chi connectivity index (χ0n) is 13.0. The van der Waals surface area contributed by atoms with Crippen LogP contribution in [0.2, 0.25) is 0 Å². The summed E-state index contributed by atoms with van der Waals surface area (Å²) in [5, 5.41) is 2.40. The van der Waals surface area contributed by atoms with E-state index in [2.05, 4.69) is 5.32 Å². The maximum Gasteiger partial charge on any atom is 0.341 e. The number of halogens is 2. The minimum Gasteiger partial charge on any atom is -0.325 e. The van der Waals surface area contributed by atoms with Crippen molar-refractivity contribution in [2.24, 2.45) is 0 Å². The summed E-state index contributed by atoms with van der Waals surface area (Å²) in [7, 11) is -4.77. The molecule has 2 aromatic rings. The van der Waals surface area contributed by atoms with Gasteiger partial charge in [0.1, 0.15) is 0 Å². The van der Waals surface area contributed by atoms with Gasteiger partial charge in [0.15, 0.2) is 0 Å². The standard InChI is InChI=1S/C17H17F2NO3S/c1-12-5-4-6-13(11-12)9-10-16(21)20-14-7-2-3-8-15(14)24(22,23)17(18)19/h2-8,11,17H,9-10H2,1H3,(H,20,21). The Morgan fingerprint density at radius 1 is 1.12 bits per heavy atom. The molecule has 0 aromatic heterocycles. The van der Waals surface area contributed by atoms with E-state index in [1.165, 1.54) is 18.2 Å². The van der Waals surface area contributed by atoms with Crippen LogP contribution in [0, 0.1) is 6.92 Å². The maximum absolute atomic E-state index is 12.7. The first kappa shape index (κ1) is 18.1. The summed E-state index contributed by atoms with van der Waals surface area (Å²) in [6.07, 6.45) is 0.587. The van der Waals surface area contributed by atoms with Gasteiger partial charge in [0, 0.05) is 6.42 Å². The number of anilines is 1. The highest BCUT2D eigenvalue weighted by molar-refractivity contribution is 7.91. The van der Waals surface area contributed by atoms with Crippen molar-refractivity contribution in [3.05, 3.63) is 59.7 Å². The van der Waals surface area contributed by atoms with E-state index in [0.29, 0.717) is 6.42 Å². The van der Waals surface area contributed by atoms with Crippen molar-refractivity contribution in [3.8, 4) is 0 Å². The van der Waals surface area contributed by atoms with Gasteiger partial charge in [0.2, 0.25) is 15.7 Å². The van der Waals surface area contributed by atoms with Gasteiger partial charge in [-0.2, -0.15) is 8.78 Å². The van der Waals surface area contributed by atoms with Gasteiger partial charge in [-0.05, 0) is 31.0 Å². The van der Waals surface area contributed by atoms with E-state index in [9.17, 15) is 22.0 Å². The molecule has 0 bridgehead atoms. The Bertz CT molecular complexity index is 835. The highest BCUT2D eigenvalue weighted by Crippen LogP contribution is 2.26. The average Bonchev–Trinajstić information content (AvgIpc) is 2.53. The smallest absolute Gasteiger partial charge is 0.325 e. The lowest BCUT2D eigenvalue weighted by Crippen LogP contribution is -2.18. The number of hydrogen-bond donors (Lipinski definition) is 1. The fraction of sp³-hybridized carbons (Fsp3) is 0.235. The van der Waals surface area contributed by atoms with E-state index in [-0.39, 0.29) is 12.1 Å². The summed E-state index contributed by atoms with van der Waals surface area (Å²) < 4.78 is 48.7. The first-order valence-corrected chi connectivity index (χ1v) is 8.82. The van der Waals surface area contributed by atoms with Gasteiger partial charge in [0.05, 0.1) is 10.6 Å². The molecular weight excluding hydrogens is 336 g/mol. The number of para-hydroxylation sites is 1. The molecule has 7 heteroatoms. The Labute approximate surface area is 139 Å². The lowest BCUT2D eigenvalue weighted by Gasteiger charge is -2.11. The van der Waals surface area contributed by atoms with Gasteiger partial charge in [-0.25, -0.2) is 8.42 Å². The number of aryl methyl sites for hydroxylation is 2. The minimum atomic E-state index is -4.77.